The van der Waals surface area contributed by atoms with Gasteiger partial charge in [-0.2, -0.15) is 4.98 Å². The number of nitrogens with one attached hydrogen (secondary N) is 2. The SMILES string of the molecule is COc1ccc(-c2cnc(N)nc2NCC2CCNCC2)cc1OCCCN1CCOCC1. The summed E-state index contributed by atoms with van der Waals surface area (Å²) in [6, 6.07) is 5.93. The molecule has 1 aromatic heterocycles. The van der Waals surface area contributed by atoms with Crippen molar-refractivity contribution < 1.29 is 14.2 Å². The molecule has 0 saturated carbocycles. The molecule has 2 aromatic rings. The Kier molecular flexibility index (Phi) is 8.57. The van der Waals surface area contributed by atoms with Gasteiger partial charge in [0.25, 0.3) is 0 Å². The van der Waals surface area contributed by atoms with E-state index < -0.39 is 0 Å². The topological polar surface area (TPSA) is 107 Å². The first kappa shape index (κ1) is 23.5. The van der Waals surface area contributed by atoms with Gasteiger partial charge in [0.2, 0.25) is 5.95 Å². The zero-order chi connectivity index (χ0) is 22.9. The van der Waals surface area contributed by atoms with Gasteiger partial charge in [-0.1, -0.05) is 6.07 Å². The number of methoxy groups -OCH3 is 1. The zero-order valence-corrected chi connectivity index (χ0v) is 19.5. The number of hydrogen-bond acceptors (Lipinski definition) is 9. The third kappa shape index (κ3) is 6.69. The Morgan fingerprint density at radius 3 is 2.82 bits per heavy atom. The van der Waals surface area contributed by atoms with Crippen LogP contribution in [-0.4, -0.2) is 81.1 Å². The van der Waals surface area contributed by atoms with E-state index in [0.717, 1.165) is 94.4 Å². The van der Waals surface area contributed by atoms with Crippen molar-refractivity contribution in [2.45, 2.75) is 19.3 Å². The first-order valence-corrected chi connectivity index (χ1v) is 11.9. The average molecular weight is 457 g/mol. The van der Waals surface area contributed by atoms with E-state index in [1.165, 1.54) is 0 Å². The third-order valence-corrected chi connectivity index (χ3v) is 6.28. The fourth-order valence-electron chi connectivity index (χ4n) is 4.32. The van der Waals surface area contributed by atoms with E-state index in [1.807, 2.05) is 18.2 Å². The fraction of sp³-hybridized carbons (Fsp3) is 0.583. The van der Waals surface area contributed by atoms with Crippen LogP contribution in [0.15, 0.2) is 24.4 Å². The number of nitrogens with zero attached hydrogens (tertiary/aromatic N) is 3. The number of hydrogen-bond donors (Lipinski definition) is 3. The lowest BCUT2D eigenvalue weighted by atomic mass is 9.98. The number of aromatic nitrogens is 2. The van der Waals surface area contributed by atoms with Crippen molar-refractivity contribution in [1.29, 1.82) is 0 Å². The molecule has 4 rings (SSSR count). The van der Waals surface area contributed by atoms with Gasteiger partial charge in [0.15, 0.2) is 11.5 Å². The van der Waals surface area contributed by atoms with Crippen molar-refractivity contribution in [3.63, 3.8) is 0 Å². The van der Waals surface area contributed by atoms with Gasteiger partial charge in [0.05, 0.1) is 26.9 Å². The second-order valence-corrected chi connectivity index (χ2v) is 8.59. The number of ether oxygens (including phenoxy) is 3. The average Bonchev–Trinajstić information content (AvgIpc) is 2.86. The summed E-state index contributed by atoms with van der Waals surface area (Å²) in [5.41, 5.74) is 7.77. The van der Waals surface area contributed by atoms with Crippen LogP contribution in [0.4, 0.5) is 11.8 Å². The molecule has 3 heterocycles. The quantitative estimate of drug-likeness (QED) is 0.464. The van der Waals surface area contributed by atoms with Crippen LogP contribution in [0, 0.1) is 5.92 Å². The standard InChI is InChI=1S/C24H36N6O3/c1-31-21-4-3-19(15-22(21)33-12-2-9-30-10-13-32-14-11-30)20-17-28-24(25)29-23(20)27-16-18-5-7-26-8-6-18/h3-4,15,17-18,26H,2,5-14,16H2,1H3,(H3,25,27,28,29). The van der Waals surface area contributed by atoms with Crippen LogP contribution in [0.25, 0.3) is 11.1 Å². The summed E-state index contributed by atoms with van der Waals surface area (Å²) in [6.07, 6.45) is 5.04. The lowest BCUT2D eigenvalue weighted by molar-refractivity contribution is 0.0357. The van der Waals surface area contributed by atoms with Gasteiger partial charge in [-0.3, -0.25) is 4.90 Å². The molecule has 0 bridgehead atoms. The Morgan fingerprint density at radius 2 is 2.03 bits per heavy atom. The number of nitrogens with two attached hydrogens (primary N) is 1. The molecule has 1 aromatic carbocycles. The van der Waals surface area contributed by atoms with Gasteiger partial charge in [0, 0.05) is 37.9 Å². The molecule has 0 amide bonds. The Morgan fingerprint density at radius 1 is 1.21 bits per heavy atom. The van der Waals surface area contributed by atoms with Gasteiger partial charge < -0.3 is 30.6 Å². The van der Waals surface area contributed by atoms with Crippen molar-refractivity contribution in [3.8, 4) is 22.6 Å². The molecule has 180 valence electrons. The van der Waals surface area contributed by atoms with Gasteiger partial charge in [-0.15, -0.1) is 0 Å². The van der Waals surface area contributed by atoms with Crippen molar-refractivity contribution in [2.24, 2.45) is 5.92 Å². The molecule has 2 saturated heterocycles. The monoisotopic (exact) mass is 456 g/mol. The van der Waals surface area contributed by atoms with E-state index in [2.05, 4.69) is 25.5 Å². The maximum Gasteiger partial charge on any atom is 0.221 e. The van der Waals surface area contributed by atoms with Gasteiger partial charge in [-0.05, 0) is 56.0 Å². The number of piperidine rings is 1. The summed E-state index contributed by atoms with van der Waals surface area (Å²) in [4.78, 5) is 11.1. The summed E-state index contributed by atoms with van der Waals surface area (Å²) in [5, 5.41) is 6.92. The van der Waals surface area contributed by atoms with Crippen LogP contribution in [0.1, 0.15) is 19.3 Å². The summed E-state index contributed by atoms with van der Waals surface area (Å²) < 4.78 is 17.1. The molecule has 0 unspecified atom stereocenters. The van der Waals surface area contributed by atoms with Crippen LogP contribution in [0.5, 0.6) is 11.5 Å². The predicted molar refractivity (Wildman–Crippen MR) is 130 cm³/mol. The summed E-state index contributed by atoms with van der Waals surface area (Å²) >= 11 is 0. The highest BCUT2D eigenvalue weighted by atomic mass is 16.5. The lowest BCUT2D eigenvalue weighted by Crippen LogP contribution is -2.37. The van der Waals surface area contributed by atoms with Crippen LogP contribution in [0.3, 0.4) is 0 Å². The molecule has 0 spiro atoms. The highest BCUT2D eigenvalue weighted by molar-refractivity contribution is 5.77. The summed E-state index contributed by atoms with van der Waals surface area (Å²) in [5.74, 6) is 3.07. The van der Waals surface area contributed by atoms with Crippen molar-refractivity contribution >= 4 is 11.8 Å². The second-order valence-electron chi connectivity index (χ2n) is 8.59. The van der Waals surface area contributed by atoms with E-state index in [1.54, 1.807) is 13.3 Å². The largest absolute Gasteiger partial charge is 0.493 e. The fourth-order valence-corrected chi connectivity index (χ4v) is 4.32. The van der Waals surface area contributed by atoms with E-state index in [-0.39, 0.29) is 5.95 Å². The minimum Gasteiger partial charge on any atom is -0.493 e. The van der Waals surface area contributed by atoms with E-state index in [0.29, 0.717) is 18.3 Å². The number of rotatable bonds is 10. The highest BCUT2D eigenvalue weighted by Gasteiger charge is 2.16. The normalized spacial score (nSPS) is 17.6. The number of nitrogen functional groups attached to an aromatic ring is 1. The van der Waals surface area contributed by atoms with Crippen molar-refractivity contribution in [2.75, 3.05) is 77.2 Å². The minimum atomic E-state index is 0.264. The first-order chi connectivity index (χ1) is 16.2. The molecule has 9 heteroatoms. The molecular formula is C24H36N6O3. The first-order valence-electron chi connectivity index (χ1n) is 11.9. The maximum absolute atomic E-state index is 6.12. The molecule has 2 aliphatic rings. The number of morpholine rings is 1. The Bertz CT molecular complexity index is 884. The number of anilines is 2. The molecule has 4 N–H and O–H groups in total. The zero-order valence-electron chi connectivity index (χ0n) is 19.5. The Labute approximate surface area is 196 Å². The van der Waals surface area contributed by atoms with Crippen molar-refractivity contribution in [1.82, 2.24) is 20.2 Å². The predicted octanol–water partition coefficient (Wildman–Crippen LogP) is 2.25. The minimum absolute atomic E-state index is 0.264. The van der Waals surface area contributed by atoms with Crippen LogP contribution in [-0.2, 0) is 4.74 Å². The smallest absolute Gasteiger partial charge is 0.221 e. The highest BCUT2D eigenvalue weighted by Crippen LogP contribution is 2.35. The van der Waals surface area contributed by atoms with Crippen LogP contribution in [0.2, 0.25) is 0 Å². The molecule has 33 heavy (non-hydrogen) atoms. The van der Waals surface area contributed by atoms with Gasteiger partial charge in [0.1, 0.15) is 5.82 Å². The van der Waals surface area contributed by atoms with Gasteiger partial charge in [-0.25, -0.2) is 4.98 Å². The summed E-state index contributed by atoms with van der Waals surface area (Å²) in [6.45, 7) is 8.23. The number of benzene rings is 1. The molecule has 0 aliphatic carbocycles. The molecule has 9 nitrogen and oxygen atoms in total. The molecule has 0 atom stereocenters. The van der Waals surface area contributed by atoms with Crippen LogP contribution >= 0.6 is 0 Å². The summed E-state index contributed by atoms with van der Waals surface area (Å²) in [7, 11) is 1.66. The Hall–Kier alpha value is -2.62. The maximum atomic E-state index is 6.12. The molecule has 2 fully saturated rings. The molecular weight excluding hydrogens is 420 g/mol. The van der Waals surface area contributed by atoms with Crippen molar-refractivity contribution in [3.05, 3.63) is 24.4 Å². The van der Waals surface area contributed by atoms with E-state index in [9.17, 15) is 0 Å². The van der Waals surface area contributed by atoms with E-state index >= 15 is 0 Å². The van der Waals surface area contributed by atoms with Gasteiger partial charge >= 0.3 is 0 Å². The second kappa shape index (κ2) is 12.0. The lowest BCUT2D eigenvalue weighted by Gasteiger charge is -2.26. The van der Waals surface area contributed by atoms with Crippen LogP contribution < -0.4 is 25.8 Å². The Balaban J connectivity index is 1.43. The van der Waals surface area contributed by atoms with E-state index in [4.69, 9.17) is 19.9 Å². The third-order valence-electron chi connectivity index (χ3n) is 6.28. The molecule has 0 radical (unpaired) electrons. The molecule has 2 aliphatic heterocycles.